The summed E-state index contributed by atoms with van der Waals surface area (Å²) in [6.45, 7) is 1.56. The average Bonchev–Trinajstić information content (AvgIpc) is 3.24. The molecule has 3 rings (SSSR count). The molecule has 0 aliphatic heterocycles. The lowest BCUT2D eigenvalue weighted by Crippen LogP contribution is -2.14. The van der Waals surface area contributed by atoms with E-state index in [0.717, 1.165) is 18.5 Å². The number of carbonyl (C=O) groups is 1. The fourth-order valence-electron chi connectivity index (χ4n) is 2.16. The molecule has 0 atom stereocenters. The largest absolute Gasteiger partial charge is 0.364 e. The van der Waals surface area contributed by atoms with Crippen LogP contribution in [0.15, 0.2) is 35.1 Å². The van der Waals surface area contributed by atoms with Crippen LogP contribution in [0.5, 0.6) is 0 Å². The number of nitrogens with one attached hydrogen (secondary N) is 1. The molecule has 7 heteroatoms. The predicted molar refractivity (Wildman–Crippen MR) is 81.4 cm³/mol. The number of aromatic nitrogens is 1. The van der Waals surface area contributed by atoms with Crippen LogP contribution in [0.3, 0.4) is 0 Å². The Morgan fingerprint density at radius 2 is 2.00 bits per heavy atom. The van der Waals surface area contributed by atoms with E-state index >= 15 is 0 Å². The molecular formula is C15H16N2O4S. The molecule has 2 aromatic rings. The highest BCUT2D eigenvalue weighted by molar-refractivity contribution is 7.92. The Morgan fingerprint density at radius 3 is 2.59 bits per heavy atom. The molecule has 1 heterocycles. The Labute approximate surface area is 128 Å². The van der Waals surface area contributed by atoms with Gasteiger partial charge >= 0.3 is 0 Å². The van der Waals surface area contributed by atoms with Gasteiger partial charge in [0.05, 0.1) is 17.0 Å². The normalized spacial score (nSPS) is 14.8. The van der Waals surface area contributed by atoms with Crippen molar-refractivity contribution in [2.45, 2.75) is 25.7 Å². The van der Waals surface area contributed by atoms with E-state index in [-0.39, 0.29) is 11.5 Å². The zero-order valence-corrected chi connectivity index (χ0v) is 12.9. The van der Waals surface area contributed by atoms with E-state index in [0.29, 0.717) is 22.7 Å². The minimum atomic E-state index is -3.32. The second-order valence-corrected chi connectivity index (χ2v) is 7.31. The fraction of sp³-hybridized carbons (Fsp3) is 0.333. The van der Waals surface area contributed by atoms with Crippen molar-refractivity contribution in [2.24, 2.45) is 0 Å². The Kier molecular flexibility index (Phi) is 3.74. The van der Waals surface area contributed by atoms with E-state index in [1.165, 1.54) is 6.26 Å². The number of rotatable bonds is 6. The Hall–Kier alpha value is -2.15. The molecule has 0 radical (unpaired) electrons. The smallest absolute Gasteiger partial charge is 0.232 e. The van der Waals surface area contributed by atoms with Crippen molar-refractivity contribution in [3.63, 3.8) is 0 Å². The minimum absolute atomic E-state index is 0.000874. The van der Waals surface area contributed by atoms with E-state index in [4.69, 9.17) is 4.52 Å². The lowest BCUT2D eigenvalue weighted by atomic mass is 10.0. The second-order valence-electron chi connectivity index (χ2n) is 5.30. The molecule has 1 aromatic heterocycles. The summed E-state index contributed by atoms with van der Waals surface area (Å²) in [5.74, 6) is 0.167. The molecule has 1 N–H and O–H groups in total. The summed E-state index contributed by atoms with van der Waals surface area (Å²) in [5.41, 5.74) is 2.13. The summed E-state index contributed by atoms with van der Waals surface area (Å²) in [7, 11) is -3.32. The standard InChI is InChI=1S/C15H16N2O4S/c1-2-22(19,20)17-12-7-5-11(6-8-12)15(18)13-9-21-16-14(13)10-3-4-10/h5-10,17H,2-4H2,1H3. The maximum absolute atomic E-state index is 12.5. The third kappa shape index (κ3) is 3.04. The fourth-order valence-corrected chi connectivity index (χ4v) is 2.80. The van der Waals surface area contributed by atoms with E-state index in [1.807, 2.05) is 0 Å². The minimum Gasteiger partial charge on any atom is -0.364 e. The van der Waals surface area contributed by atoms with Gasteiger partial charge in [-0.25, -0.2) is 8.42 Å². The van der Waals surface area contributed by atoms with Crippen molar-refractivity contribution in [2.75, 3.05) is 10.5 Å². The van der Waals surface area contributed by atoms with Crippen LogP contribution in [0.1, 0.15) is 47.3 Å². The van der Waals surface area contributed by atoms with Crippen molar-refractivity contribution >= 4 is 21.5 Å². The van der Waals surface area contributed by atoms with Gasteiger partial charge in [0.25, 0.3) is 0 Å². The van der Waals surface area contributed by atoms with Crippen molar-refractivity contribution in [1.82, 2.24) is 5.16 Å². The molecular weight excluding hydrogens is 304 g/mol. The van der Waals surface area contributed by atoms with E-state index in [2.05, 4.69) is 9.88 Å². The van der Waals surface area contributed by atoms with Gasteiger partial charge in [0.15, 0.2) is 5.78 Å². The summed E-state index contributed by atoms with van der Waals surface area (Å²) >= 11 is 0. The summed E-state index contributed by atoms with van der Waals surface area (Å²) in [5, 5.41) is 3.91. The number of carbonyl (C=O) groups excluding carboxylic acids is 1. The monoisotopic (exact) mass is 320 g/mol. The van der Waals surface area contributed by atoms with Gasteiger partial charge in [-0.2, -0.15) is 0 Å². The summed E-state index contributed by atoms with van der Waals surface area (Å²) < 4.78 is 30.4. The maximum Gasteiger partial charge on any atom is 0.232 e. The Morgan fingerprint density at radius 1 is 1.32 bits per heavy atom. The van der Waals surface area contributed by atoms with Gasteiger partial charge in [0.1, 0.15) is 6.26 Å². The van der Waals surface area contributed by atoms with Gasteiger partial charge in [0, 0.05) is 17.2 Å². The number of benzene rings is 1. The molecule has 0 spiro atoms. The Balaban J connectivity index is 1.80. The van der Waals surface area contributed by atoms with Crippen molar-refractivity contribution in [3.05, 3.63) is 47.3 Å². The molecule has 6 nitrogen and oxygen atoms in total. The van der Waals surface area contributed by atoms with Crippen LogP contribution in [0, 0.1) is 0 Å². The van der Waals surface area contributed by atoms with Gasteiger partial charge in [0.2, 0.25) is 10.0 Å². The number of nitrogens with zero attached hydrogens (tertiary/aromatic N) is 1. The summed E-state index contributed by atoms with van der Waals surface area (Å²) in [6, 6.07) is 6.34. The van der Waals surface area contributed by atoms with Crippen LogP contribution < -0.4 is 4.72 Å². The third-order valence-corrected chi connectivity index (χ3v) is 4.91. The molecule has 0 saturated heterocycles. The van der Waals surface area contributed by atoms with Gasteiger partial charge in [-0.3, -0.25) is 9.52 Å². The molecule has 1 aliphatic carbocycles. The highest BCUT2D eigenvalue weighted by atomic mass is 32.2. The molecule has 1 aromatic carbocycles. The summed E-state index contributed by atoms with van der Waals surface area (Å²) in [6.07, 6.45) is 3.44. The second kappa shape index (κ2) is 5.57. The van der Waals surface area contributed by atoms with Crippen LogP contribution in [0.25, 0.3) is 0 Å². The van der Waals surface area contributed by atoms with Crippen molar-refractivity contribution < 1.29 is 17.7 Å². The van der Waals surface area contributed by atoms with Crippen LogP contribution in [-0.4, -0.2) is 25.1 Å². The SMILES string of the molecule is CCS(=O)(=O)Nc1ccc(C(=O)c2conc2C2CC2)cc1. The zero-order chi connectivity index (χ0) is 15.7. The number of anilines is 1. The van der Waals surface area contributed by atoms with Crippen LogP contribution in [0.2, 0.25) is 0 Å². The first-order valence-electron chi connectivity index (χ1n) is 7.09. The molecule has 0 bridgehead atoms. The number of sulfonamides is 1. The topological polar surface area (TPSA) is 89.3 Å². The molecule has 1 saturated carbocycles. The zero-order valence-electron chi connectivity index (χ0n) is 12.1. The first kappa shape index (κ1) is 14.8. The van der Waals surface area contributed by atoms with Gasteiger partial charge in [-0.1, -0.05) is 5.16 Å². The molecule has 1 aliphatic rings. The van der Waals surface area contributed by atoms with Crippen LogP contribution in [0.4, 0.5) is 5.69 Å². The van der Waals surface area contributed by atoms with Crippen molar-refractivity contribution in [3.8, 4) is 0 Å². The molecule has 22 heavy (non-hydrogen) atoms. The maximum atomic E-state index is 12.5. The third-order valence-electron chi connectivity index (χ3n) is 3.61. The van der Waals surface area contributed by atoms with Gasteiger partial charge < -0.3 is 4.52 Å². The average molecular weight is 320 g/mol. The molecule has 0 unspecified atom stereocenters. The predicted octanol–water partition coefficient (Wildman–Crippen LogP) is 2.54. The lowest BCUT2D eigenvalue weighted by Gasteiger charge is -2.06. The molecule has 0 amide bonds. The quantitative estimate of drug-likeness (QED) is 0.826. The van der Waals surface area contributed by atoms with E-state index in [1.54, 1.807) is 31.2 Å². The van der Waals surface area contributed by atoms with Crippen LogP contribution in [-0.2, 0) is 10.0 Å². The van der Waals surface area contributed by atoms with Gasteiger partial charge in [-0.05, 0) is 44.0 Å². The van der Waals surface area contributed by atoms with Crippen LogP contribution >= 0.6 is 0 Å². The van der Waals surface area contributed by atoms with E-state index < -0.39 is 10.0 Å². The van der Waals surface area contributed by atoms with Crippen molar-refractivity contribution in [1.29, 1.82) is 0 Å². The first-order chi connectivity index (χ1) is 10.5. The summed E-state index contributed by atoms with van der Waals surface area (Å²) in [4.78, 5) is 12.5. The van der Waals surface area contributed by atoms with E-state index in [9.17, 15) is 13.2 Å². The number of ketones is 1. The molecule has 1 fully saturated rings. The van der Waals surface area contributed by atoms with Gasteiger partial charge in [-0.15, -0.1) is 0 Å². The lowest BCUT2D eigenvalue weighted by molar-refractivity contribution is 0.103. The highest BCUT2D eigenvalue weighted by Crippen LogP contribution is 2.41. The number of hydrogen-bond donors (Lipinski definition) is 1. The first-order valence-corrected chi connectivity index (χ1v) is 8.75. The highest BCUT2D eigenvalue weighted by Gasteiger charge is 2.31. The Bertz CT molecular complexity index is 789. The number of hydrogen-bond acceptors (Lipinski definition) is 5. The molecule has 116 valence electrons.